The highest BCUT2D eigenvalue weighted by atomic mass is 32.1. The third-order valence-electron chi connectivity index (χ3n) is 4.81. The monoisotopic (exact) mass is 358 g/mol. The van der Waals surface area contributed by atoms with Gasteiger partial charge in [-0.1, -0.05) is 18.9 Å². The van der Waals surface area contributed by atoms with Gasteiger partial charge >= 0.3 is 6.03 Å². The fourth-order valence-corrected chi connectivity index (χ4v) is 4.48. The Labute approximate surface area is 151 Å². The molecule has 1 aromatic carbocycles. The minimum Gasteiger partial charge on any atom is -0.486 e. The summed E-state index contributed by atoms with van der Waals surface area (Å²) >= 11 is 1.71. The van der Waals surface area contributed by atoms with Gasteiger partial charge in [0.1, 0.15) is 13.2 Å². The molecule has 132 valence electrons. The van der Waals surface area contributed by atoms with Crippen LogP contribution in [0.2, 0.25) is 0 Å². The highest BCUT2D eigenvalue weighted by Crippen LogP contribution is 2.37. The molecule has 2 amide bonds. The van der Waals surface area contributed by atoms with E-state index in [0.717, 1.165) is 5.75 Å². The van der Waals surface area contributed by atoms with Gasteiger partial charge in [0.25, 0.3) is 0 Å². The van der Waals surface area contributed by atoms with Gasteiger partial charge in [-0.3, -0.25) is 0 Å². The average Bonchev–Trinajstić information content (AvgIpc) is 3.33. The van der Waals surface area contributed by atoms with Crippen molar-refractivity contribution in [1.29, 1.82) is 0 Å². The largest absolute Gasteiger partial charge is 0.486 e. The van der Waals surface area contributed by atoms with E-state index in [9.17, 15) is 4.79 Å². The van der Waals surface area contributed by atoms with E-state index >= 15 is 0 Å². The van der Waals surface area contributed by atoms with Crippen molar-refractivity contribution in [2.45, 2.75) is 31.7 Å². The standard InChI is InChI=1S/C19H22N2O3S/c22-19(20-14-7-8-15-16(12-14)24-10-9-23-15)21-18(13-4-1-2-5-13)17-6-3-11-25-17/h3,6-8,11-13,18H,1-2,4-5,9-10H2,(H2,20,21,22)/t18-/m1/s1. The Morgan fingerprint density at radius 2 is 1.92 bits per heavy atom. The van der Waals surface area contributed by atoms with E-state index in [1.54, 1.807) is 11.3 Å². The first kappa shape index (κ1) is 16.3. The summed E-state index contributed by atoms with van der Waals surface area (Å²) in [5, 5.41) is 8.17. The number of amides is 2. The van der Waals surface area contributed by atoms with Crippen LogP contribution in [0.4, 0.5) is 10.5 Å². The normalized spacial score (nSPS) is 17.9. The van der Waals surface area contributed by atoms with Crippen molar-refractivity contribution < 1.29 is 14.3 Å². The number of hydrogen-bond acceptors (Lipinski definition) is 4. The van der Waals surface area contributed by atoms with Crippen LogP contribution in [0.1, 0.15) is 36.6 Å². The van der Waals surface area contributed by atoms with Gasteiger partial charge in [-0.2, -0.15) is 0 Å². The molecule has 25 heavy (non-hydrogen) atoms. The van der Waals surface area contributed by atoms with Crippen LogP contribution in [-0.2, 0) is 0 Å². The number of rotatable bonds is 4. The molecule has 1 aliphatic heterocycles. The number of urea groups is 1. The molecular weight excluding hydrogens is 336 g/mol. The van der Waals surface area contributed by atoms with Crippen molar-refractivity contribution in [3.63, 3.8) is 0 Å². The lowest BCUT2D eigenvalue weighted by Crippen LogP contribution is -2.35. The minimum atomic E-state index is -0.179. The van der Waals surface area contributed by atoms with E-state index < -0.39 is 0 Å². The van der Waals surface area contributed by atoms with Crippen molar-refractivity contribution in [2.75, 3.05) is 18.5 Å². The Kier molecular flexibility index (Phi) is 4.78. The van der Waals surface area contributed by atoms with Crippen LogP contribution in [0.3, 0.4) is 0 Å². The fourth-order valence-electron chi connectivity index (χ4n) is 3.61. The average molecular weight is 358 g/mol. The first-order chi connectivity index (χ1) is 12.3. The number of fused-ring (bicyclic) bond motifs is 1. The Hall–Kier alpha value is -2.21. The summed E-state index contributed by atoms with van der Waals surface area (Å²) in [7, 11) is 0. The predicted octanol–water partition coefficient (Wildman–Crippen LogP) is 4.57. The van der Waals surface area contributed by atoms with Crippen LogP contribution in [0, 0.1) is 5.92 Å². The lowest BCUT2D eigenvalue weighted by atomic mass is 9.97. The van der Waals surface area contributed by atoms with Crippen molar-refractivity contribution in [2.24, 2.45) is 5.92 Å². The summed E-state index contributed by atoms with van der Waals surface area (Å²) < 4.78 is 11.1. The SMILES string of the molecule is O=C(Nc1ccc2c(c1)OCCO2)N[C@@H](c1cccs1)C1CCCC1. The Balaban J connectivity index is 1.44. The number of benzene rings is 1. The number of anilines is 1. The molecule has 1 saturated carbocycles. The fraction of sp³-hybridized carbons (Fsp3) is 0.421. The Morgan fingerprint density at radius 1 is 1.12 bits per heavy atom. The van der Waals surface area contributed by atoms with Gasteiger partial charge in [0.05, 0.1) is 6.04 Å². The Bertz CT molecular complexity index is 726. The number of ether oxygens (including phenoxy) is 2. The van der Waals surface area contributed by atoms with Crippen molar-refractivity contribution in [3.8, 4) is 11.5 Å². The summed E-state index contributed by atoms with van der Waals surface area (Å²) in [5.74, 6) is 1.92. The van der Waals surface area contributed by atoms with Crippen LogP contribution in [-0.4, -0.2) is 19.2 Å². The Morgan fingerprint density at radius 3 is 2.68 bits per heavy atom. The van der Waals surface area contributed by atoms with E-state index in [0.29, 0.717) is 30.6 Å². The quantitative estimate of drug-likeness (QED) is 0.841. The van der Waals surface area contributed by atoms with Gasteiger partial charge in [-0.25, -0.2) is 4.79 Å². The van der Waals surface area contributed by atoms with E-state index in [2.05, 4.69) is 22.1 Å². The maximum Gasteiger partial charge on any atom is 0.319 e. The lowest BCUT2D eigenvalue weighted by molar-refractivity contribution is 0.171. The van der Waals surface area contributed by atoms with Crippen LogP contribution >= 0.6 is 11.3 Å². The second-order valence-electron chi connectivity index (χ2n) is 6.49. The van der Waals surface area contributed by atoms with Gasteiger partial charge in [0.2, 0.25) is 0 Å². The van der Waals surface area contributed by atoms with Crippen LogP contribution in [0.5, 0.6) is 11.5 Å². The van der Waals surface area contributed by atoms with Gasteiger partial charge in [0.15, 0.2) is 11.5 Å². The molecule has 4 rings (SSSR count). The van der Waals surface area contributed by atoms with Crippen molar-refractivity contribution >= 4 is 23.1 Å². The third-order valence-corrected chi connectivity index (χ3v) is 5.76. The highest BCUT2D eigenvalue weighted by Gasteiger charge is 2.28. The molecule has 0 unspecified atom stereocenters. The zero-order valence-electron chi connectivity index (χ0n) is 14.0. The second kappa shape index (κ2) is 7.35. The maximum atomic E-state index is 12.6. The third kappa shape index (κ3) is 3.74. The van der Waals surface area contributed by atoms with Crippen LogP contribution in [0.25, 0.3) is 0 Å². The summed E-state index contributed by atoms with van der Waals surface area (Å²) in [6.07, 6.45) is 4.84. The number of carbonyl (C=O) groups is 1. The molecular formula is C19H22N2O3S. The zero-order chi connectivity index (χ0) is 17.1. The predicted molar refractivity (Wildman–Crippen MR) is 98.6 cm³/mol. The molecule has 2 heterocycles. The summed E-state index contributed by atoms with van der Waals surface area (Å²) in [4.78, 5) is 13.8. The van der Waals surface area contributed by atoms with E-state index in [1.165, 1.54) is 30.6 Å². The molecule has 0 bridgehead atoms. The van der Waals surface area contributed by atoms with Crippen molar-refractivity contribution in [3.05, 3.63) is 40.6 Å². The first-order valence-electron chi connectivity index (χ1n) is 8.80. The maximum absolute atomic E-state index is 12.6. The lowest BCUT2D eigenvalue weighted by Gasteiger charge is -2.24. The second-order valence-corrected chi connectivity index (χ2v) is 7.47. The topological polar surface area (TPSA) is 59.6 Å². The summed E-state index contributed by atoms with van der Waals surface area (Å²) in [6, 6.07) is 9.53. The number of nitrogens with one attached hydrogen (secondary N) is 2. The van der Waals surface area contributed by atoms with E-state index in [-0.39, 0.29) is 12.1 Å². The first-order valence-corrected chi connectivity index (χ1v) is 9.68. The summed E-state index contributed by atoms with van der Waals surface area (Å²) in [5.41, 5.74) is 0.707. The molecule has 1 aromatic heterocycles. The molecule has 6 heteroatoms. The van der Waals surface area contributed by atoms with Gasteiger partial charge in [-0.05, 0) is 42.3 Å². The van der Waals surface area contributed by atoms with Gasteiger partial charge in [0, 0.05) is 16.6 Å². The highest BCUT2D eigenvalue weighted by molar-refractivity contribution is 7.10. The van der Waals surface area contributed by atoms with Crippen LogP contribution in [0.15, 0.2) is 35.7 Å². The minimum absolute atomic E-state index is 0.0831. The number of carbonyl (C=O) groups excluding carboxylic acids is 1. The molecule has 0 saturated heterocycles. The molecule has 2 aliphatic rings. The molecule has 5 nitrogen and oxygen atoms in total. The smallest absolute Gasteiger partial charge is 0.319 e. The zero-order valence-corrected chi connectivity index (χ0v) is 14.8. The number of thiophene rings is 1. The molecule has 1 fully saturated rings. The van der Waals surface area contributed by atoms with E-state index in [4.69, 9.17) is 9.47 Å². The van der Waals surface area contributed by atoms with Gasteiger partial charge < -0.3 is 20.1 Å². The molecule has 2 N–H and O–H groups in total. The van der Waals surface area contributed by atoms with Crippen molar-refractivity contribution in [1.82, 2.24) is 5.32 Å². The molecule has 2 aromatic rings. The molecule has 0 radical (unpaired) electrons. The number of hydrogen-bond donors (Lipinski definition) is 2. The van der Waals surface area contributed by atoms with E-state index in [1.807, 2.05) is 24.3 Å². The summed E-state index contributed by atoms with van der Waals surface area (Å²) in [6.45, 7) is 1.09. The molecule has 1 atom stereocenters. The molecule has 1 aliphatic carbocycles. The van der Waals surface area contributed by atoms with Crippen LogP contribution < -0.4 is 20.1 Å². The molecule has 0 spiro atoms. The van der Waals surface area contributed by atoms with Gasteiger partial charge in [-0.15, -0.1) is 11.3 Å².